The quantitative estimate of drug-likeness (QED) is 0.783. The van der Waals surface area contributed by atoms with Gasteiger partial charge in [0.05, 0.1) is 10.4 Å². The van der Waals surface area contributed by atoms with E-state index in [9.17, 15) is 4.39 Å². The first-order chi connectivity index (χ1) is 8.11. The first-order valence-corrected chi connectivity index (χ1v) is 6.30. The van der Waals surface area contributed by atoms with Crippen molar-refractivity contribution >= 4 is 23.2 Å². The van der Waals surface area contributed by atoms with Crippen molar-refractivity contribution in [3.05, 3.63) is 29.0 Å². The minimum atomic E-state index is -0.454. The molecule has 3 unspecified atom stereocenters. The van der Waals surface area contributed by atoms with Crippen molar-refractivity contribution < 1.29 is 13.9 Å². The second kappa shape index (κ2) is 5.42. The summed E-state index contributed by atoms with van der Waals surface area (Å²) in [7, 11) is 0. The van der Waals surface area contributed by atoms with Gasteiger partial charge in [0.1, 0.15) is 23.8 Å². The molecule has 0 bridgehead atoms. The molecule has 0 saturated heterocycles. The highest BCUT2D eigenvalue weighted by molar-refractivity contribution is 6.30. The molecule has 94 valence electrons. The first-order valence-electron chi connectivity index (χ1n) is 5.49. The largest absolute Gasteiger partial charge is 0.488 e. The Bertz CT molecular complexity index is 400. The van der Waals surface area contributed by atoms with Crippen LogP contribution in [0.5, 0.6) is 5.75 Å². The maximum absolute atomic E-state index is 13.0. The molecule has 2 rings (SSSR count). The molecule has 0 radical (unpaired) electrons. The molecule has 0 amide bonds. The van der Waals surface area contributed by atoms with Crippen LogP contribution in [-0.4, -0.2) is 24.2 Å². The molecule has 0 aliphatic heterocycles. The molecule has 1 fully saturated rings. The summed E-state index contributed by atoms with van der Waals surface area (Å²) < 4.78 is 24.1. The molecule has 1 aromatic rings. The summed E-state index contributed by atoms with van der Waals surface area (Å²) in [5.41, 5.74) is 0. The van der Waals surface area contributed by atoms with Crippen molar-refractivity contribution in [3.8, 4) is 5.75 Å². The van der Waals surface area contributed by atoms with E-state index in [0.29, 0.717) is 12.4 Å². The summed E-state index contributed by atoms with van der Waals surface area (Å²) >= 11 is 11.7. The number of benzene rings is 1. The molecule has 1 aromatic carbocycles. The molecule has 0 aromatic heterocycles. The molecule has 17 heavy (non-hydrogen) atoms. The van der Waals surface area contributed by atoms with E-state index < -0.39 is 5.82 Å². The second-order valence-electron chi connectivity index (χ2n) is 3.90. The van der Waals surface area contributed by atoms with Crippen LogP contribution in [0.2, 0.25) is 5.02 Å². The SMILES string of the molecule is CCOC1C(Cl)CC1Oc1ccc(F)c(Cl)c1. The monoisotopic (exact) mass is 278 g/mol. The van der Waals surface area contributed by atoms with E-state index in [1.807, 2.05) is 6.92 Å². The van der Waals surface area contributed by atoms with Crippen LogP contribution in [0, 0.1) is 5.82 Å². The molecule has 5 heteroatoms. The summed E-state index contributed by atoms with van der Waals surface area (Å²) in [5, 5.41) is 0.0353. The normalized spacial score (nSPS) is 27.6. The number of hydrogen-bond acceptors (Lipinski definition) is 2. The highest BCUT2D eigenvalue weighted by Crippen LogP contribution is 2.33. The van der Waals surface area contributed by atoms with Crippen LogP contribution in [0.3, 0.4) is 0 Å². The van der Waals surface area contributed by atoms with Gasteiger partial charge in [-0.15, -0.1) is 11.6 Å². The van der Waals surface area contributed by atoms with E-state index in [4.69, 9.17) is 32.7 Å². The van der Waals surface area contributed by atoms with E-state index in [-0.39, 0.29) is 22.6 Å². The van der Waals surface area contributed by atoms with Crippen LogP contribution >= 0.6 is 23.2 Å². The van der Waals surface area contributed by atoms with Gasteiger partial charge in [0.15, 0.2) is 0 Å². The Hall–Kier alpha value is -0.510. The van der Waals surface area contributed by atoms with E-state index in [1.54, 1.807) is 6.07 Å². The highest BCUT2D eigenvalue weighted by atomic mass is 35.5. The third kappa shape index (κ3) is 2.84. The fourth-order valence-corrected chi connectivity index (χ4v) is 2.35. The van der Waals surface area contributed by atoms with Crippen LogP contribution < -0.4 is 4.74 Å². The van der Waals surface area contributed by atoms with Crippen molar-refractivity contribution in [2.45, 2.75) is 30.9 Å². The first kappa shape index (κ1) is 12.9. The van der Waals surface area contributed by atoms with Crippen molar-refractivity contribution in [1.82, 2.24) is 0 Å². The lowest BCUT2D eigenvalue weighted by atomic mass is 9.91. The third-order valence-corrected chi connectivity index (χ3v) is 3.43. The van der Waals surface area contributed by atoms with Crippen molar-refractivity contribution in [3.63, 3.8) is 0 Å². The van der Waals surface area contributed by atoms with Gasteiger partial charge in [0, 0.05) is 19.1 Å². The Morgan fingerprint density at radius 2 is 2.24 bits per heavy atom. The van der Waals surface area contributed by atoms with E-state index >= 15 is 0 Å². The lowest BCUT2D eigenvalue weighted by Crippen LogP contribution is -2.52. The fourth-order valence-electron chi connectivity index (χ4n) is 1.77. The van der Waals surface area contributed by atoms with E-state index in [1.165, 1.54) is 12.1 Å². The molecule has 1 saturated carbocycles. The van der Waals surface area contributed by atoms with E-state index in [0.717, 1.165) is 6.42 Å². The molecule has 0 heterocycles. The van der Waals surface area contributed by atoms with Gasteiger partial charge in [-0.05, 0) is 19.1 Å². The Kier molecular flexibility index (Phi) is 4.13. The van der Waals surface area contributed by atoms with Gasteiger partial charge in [0.25, 0.3) is 0 Å². The van der Waals surface area contributed by atoms with Crippen LogP contribution in [0.25, 0.3) is 0 Å². The highest BCUT2D eigenvalue weighted by Gasteiger charge is 2.42. The lowest BCUT2D eigenvalue weighted by Gasteiger charge is -2.40. The standard InChI is InChI=1S/C12H13Cl2FO2/c1-2-16-12-9(14)6-11(12)17-7-3-4-10(15)8(13)5-7/h3-5,9,11-12H,2,6H2,1H3. The van der Waals surface area contributed by atoms with Crippen LogP contribution in [-0.2, 0) is 4.74 Å². The number of alkyl halides is 1. The summed E-state index contributed by atoms with van der Waals surface area (Å²) in [6.45, 7) is 2.51. The van der Waals surface area contributed by atoms with Crippen LogP contribution in [0.4, 0.5) is 4.39 Å². The number of halogens is 3. The smallest absolute Gasteiger partial charge is 0.142 e. The molecule has 2 nitrogen and oxygen atoms in total. The van der Waals surface area contributed by atoms with Crippen molar-refractivity contribution in [2.24, 2.45) is 0 Å². The van der Waals surface area contributed by atoms with Gasteiger partial charge in [-0.1, -0.05) is 11.6 Å². The summed E-state index contributed by atoms with van der Waals surface area (Å²) in [4.78, 5) is 0. The third-order valence-electron chi connectivity index (χ3n) is 2.72. The van der Waals surface area contributed by atoms with Crippen molar-refractivity contribution in [1.29, 1.82) is 0 Å². The summed E-state index contributed by atoms with van der Waals surface area (Å²) in [6.07, 6.45) is 0.533. The second-order valence-corrected chi connectivity index (χ2v) is 4.87. The fraction of sp³-hybridized carbons (Fsp3) is 0.500. The number of hydrogen-bond donors (Lipinski definition) is 0. The van der Waals surface area contributed by atoms with Gasteiger partial charge in [-0.3, -0.25) is 0 Å². The van der Waals surface area contributed by atoms with Crippen molar-refractivity contribution in [2.75, 3.05) is 6.61 Å². The predicted molar refractivity (Wildman–Crippen MR) is 65.5 cm³/mol. The molecule has 1 aliphatic carbocycles. The summed E-state index contributed by atoms with van der Waals surface area (Å²) in [5.74, 6) is 0.0823. The lowest BCUT2D eigenvalue weighted by molar-refractivity contribution is -0.0759. The van der Waals surface area contributed by atoms with Gasteiger partial charge in [-0.25, -0.2) is 4.39 Å². The minimum Gasteiger partial charge on any atom is -0.488 e. The van der Waals surface area contributed by atoms with E-state index in [2.05, 4.69) is 0 Å². The Labute approximate surface area is 110 Å². The molecule has 3 atom stereocenters. The topological polar surface area (TPSA) is 18.5 Å². The molecular formula is C12H13Cl2FO2. The molecular weight excluding hydrogens is 266 g/mol. The molecule has 1 aliphatic rings. The Balaban J connectivity index is 1.99. The van der Waals surface area contributed by atoms with Gasteiger partial charge >= 0.3 is 0 Å². The Morgan fingerprint density at radius 1 is 1.47 bits per heavy atom. The average molecular weight is 279 g/mol. The summed E-state index contributed by atoms with van der Waals surface area (Å²) in [6, 6.07) is 4.29. The van der Waals surface area contributed by atoms with Gasteiger partial charge in [-0.2, -0.15) is 0 Å². The number of ether oxygens (including phenoxy) is 2. The van der Waals surface area contributed by atoms with Crippen LogP contribution in [0.1, 0.15) is 13.3 Å². The molecule has 0 spiro atoms. The predicted octanol–water partition coefficient (Wildman–Crippen LogP) is 3.64. The zero-order valence-electron chi connectivity index (χ0n) is 9.33. The van der Waals surface area contributed by atoms with Gasteiger partial charge in [0.2, 0.25) is 0 Å². The average Bonchev–Trinajstić information content (AvgIpc) is 2.30. The maximum atomic E-state index is 13.0. The minimum absolute atomic E-state index is 0.0177. The number of rotatable bonds is 4. The zero-order valence-corrected chi connectivity index (χ0v) is 10.8. The maximum Gasteiger partial charge on any atom is 0.142 e. The van der Waals surface area contributed by atoms with Gasteiger partial charge < -0.3 is 9.47 Å². The zero-order chi connectivity index (χ0) is 12.4. The Morgan fingerprint density at radius 3 is 2.82 bits per heavy atom. The van der Waals surface area contributed by atoms with Crippen LogP contribution in [0.15, 0.2) is 18.2 Å². The molecule has 0 N–H and O–H groups in total.